The van der Waals surface area contributed by atoms with Gasteiger partial charge in [0, 0.05) is 36.0 Å². The van der Waals surface area contributed by atoms with Gasteiger partial charge in [0.2, 0.25) is 5.89 Å². The molecule has 0 unspecified atom stereocenters. The Morgan fingerprint density at radius 1 is 0.973 bits per heavy atom. The predicted octanol–water partition coefficient (Wildman–Crippen LogP) is 6.46. The van der Waals surface area contributed by atoms with E-state index in [-0.39, 0.29) is 11.9 Å². The summed E-state index contributed by atoms with van der Waals surface area (Å²) >= 11 is 0. The highest BCUT2D eigenvalue weighted by Crippen LogP contribution is 2.51. The molecule has 3 aromatic carbocycles. The lowest BCUT2D eigenvalue weighted by Gasteiger charge is -2.51. The number of aromatic nitrogens is 1. The number of halogens is 1. The molecule has 0 aliphatic carbocycles. The van der Waals surface area contributed by atoms with Crippen LogP contribution in [0.25, 0.3) is 0 Å². The number of oxazole rings is 1. The van der Waals surface area contributed by atoms with Gasteiger partial charge in [-0.25, -0.2) is 9.37 Å². The summed E-state index contributed by atoms with van der Waals surface area (Å²) in [4.78, 5) is 4.84. The van der Waals surface area contributed by atoms with E-state index in [1.165, 1.54) is 12.1 Å². The van der Waals surface area contributed by atoms with Gasteiger partial charge in [-0.05, 0) is 31.2 Å². The Kier molecular flexibility index (Phi) is 5.15. The van der Waals surface area contributed by atoms with Crippen LogP contribution in [0.1, 0.15) is 42.5 Å². The third-order valence-corrected chi connectivity index (χ3v) is 8.67. The van der Waals surface area contributed by atoms with E-state index in [1.807, 2.05) is 48.7 Å². The molecular formula is C31H30FN2O3+. The molecule has 8 rings (SSSR count). The summed E-state index contributed by atoms with van der Waals surface area (Å²) in [6, 6.07) is 22.7. The molecule has 0 spiro atoms. The smallest absolute Gasteiger partial charge is 0.209 e. The summed E-state index contributed by atoms with van der Waals surface area (Å²) in [6.07, 6.45) is 4.20. The molecule has 0 saturated carbocycles. The molecular weight excluding hydrogens is 467 g/mol. The molecule has 4 aliphatic rings. The van der Waals surface area contributed by atoms with Gasteiger partial charge in [-0.3, -0.25) is 0 Å². The lowest BCUT2D eigenvalue weighted by atomic mass is 9.74. The van der Waals surface area contributed by atoms with Gasteiger partial charge >= 0.3 is 0 Å². The number of quaternary nitrogens is 1. The predicted molar refractivity (Wildman–Crippen MR) is 137 cm³/mol. The molecule has 4 aliphatic heterocycles. The minimum atomic E-state index is -0.554. The van der Waals surface area contributed by atoms with E-state index in [0.717, 1.165) is 71.9 Å². The number of para-hydroxylation sites is 2. The fraction of sp³-hybridized carbons (Fsp3) is 0.323. The fourth-order valence-electron chi connectivity index (χ4n) is 6.67. The second-order valence-corrected chi connectivity index (χ2v) is 10.9. The summed E-state index contributed by atoms with van der Waals surface area (Å²) in [7, 11) is 0. The molecule has 6 heteroatoms. The van der Waals surface area contributed by atoms with Crippen molar-refractivity contribution in [3.05, 3.63) is 108 Å². The van der Waals surface area contributed by atoms with Crippen LogP contribution in [0, 0.1) is 11.7 Å². The lowest BCUT2D eigenvalue weighted by molar-refractivity contribution is -0.958. The van der Waals surface area contributed by atoms with Crippen LogP contribution in [0.4, 0.5) is 4.39 Å². The van der Waals surface area contributed by atoms with Gasteiger partial charge in [-0.15, -0.1) is 0 Å². The molecule has 4 aromatic rings. The Hall–Kier alpha value is -3.64. The number of hydrogen-bond donors (Lipinski definition) is 0. The van der Waals surface area contributed by atoms with E-state index in [9.17, 15) is 4.39 Å². The highest BCUT2D eigenvalue weighted by Gasteiger charge is 2.48. The first kappa shape index (κ1) is 22.5. The van der Waals surface area contributed by atoms with Crippen LogP contribution in [-0.2, 0) is 12.0 Å². The second kappa shape index (κ2) is 8.45. The third kappa shape index (κ3) is 3.74. The molecule has 5 heterocycles. The average Bonchev–Trinajstić information content (AvgIpc) is 3.38. The van der Waals surface area contributed by atoms with Gasteiger partial charge in [-0.2, -0.15) is 0 Å². The van der Waals surface area contributed by atoms with Gasteiger partial charge in [-0.1, -0.05) is 42.5 Å². The van der Waals surface area contributed by atoms with Crippen molar-refractivity contribution in [2.45, 2.75) is 37.8 Å². The van der Waals surface area contributed by atoms with E-state index in [2.05, 4.69) is 19.1 Å². The van der Waals surface area contributed by atoms with Crippen molar-refractivity contribution >= 4 is 0 Å². The van der Waals surface area contributed by atoms with Crippen molar-refractivity contribution in [1.82, 2.24) is 4.98 Å². The number of hydrogen-bond acceptors (Lipinski definition) is 4. The van der Waals surface area contributed by atoms with Crippen LogP contribution < -0.4 is 9.47 Å². The first-order valence-corrected chi connectivity index (χ1v) is 13.1. The summed E-state index contributed by atoms with van der Waals surface area (Å²) < 4.78 is 33.8. The Morgan fingerprint density at radius 3 is 2.38 bits per heavy atom. The van der Waals surface area contributed by atoms with Crippen molar-refractivity contribution < 1.29 is 22.8 Å². The van der Waals surface area contributed by atoms with Gasteiger partial charge in [0.25, 0.3) is 0 Å². The van der Waals surface area contributed by atoms with Crippen molar-refractivity contribution in [3.8, 4) is 17.2 Å². The zero-order chi connectivity index (χ0) is 25.0. The summed E-state index contributed by atoms with van der Waals surface area (Å²) in [6.45, 7) is 6.04. The van der Waals surface area contributed by atoms with Crippen LogP contribution >= 0.6 is 0 Å². The molecule has 1 aromatic heterocycles. The monoisotopic (exact) mass is 497 g/mol. The van der Waals surface area contributed by atoms with Crippen molar-refractivity contribution in [1.29, 1.82) is 0 Å². The SMILES string of the molecule is CC1(c2ncc(C[N+]34CCC(CC3)[C@@H](Oc3cccc(F)c3)C4)o2)c2ccccc2Oc2ccccc21. The number of piperidine rings is 3. The largest absolute Gasteiger partial charge is 0.484 e. The normalized spacial score (nSPS) is 25.1. The van der Waals surface area contributed by atoms with Gasteiger partial charge in [0.1, 0.15) is 41.6 Å². The van der Waals surface area contributed by atoms with Crippen LogP contribution in [0.2, 0.25) is 0 Å². The highest BCUT2D eigenvalue weighted by atomic mass is 19.1. The number of ether oxygens (including phenoxy) is 2. The molecule has 0 radical (unpaired) electrons. The Morgan fingerprint density at radius 2 is 1.68 bits per heavy atom. The molecule has 37 heavy (non-hydrogen) atoms. The molecule has 188 valence electrons. The van der Waals surface area contributed by atoms with Crippen LogP contribution in [0.15, 0.2) is 83.4 Å². The maximum absolute atomic E-state index is 13.7. The number of benzene rings is 3. The van der Waals surface area contributed by atoms with Crippen molar-refractivity contribution in [3.63, 3.8) is 0 Å². The molecule has 3 fully saturated rings. The quantitative estimate of drug-likeness (QED) is 0.297. The average molecular weight is 498 g/mol. The second-order valence-electron chi connectivity index (χ2n) is 10.9. The zero-order valence-electron chi connectivity index (χ0n) is 20.9. The zero-order valence-corrected chi connectivity index (χ0v) is 20.9. The van der Waals surface area contributed by atoms with Crippen molar-refractivity contribution in [2.24, 2.45) is 5.92 Å². The van der Waals surface area contributed by atoms with E-state index in [0.29, 0.717) is 17.6 Å². The van der Waals surface area contributed by atoms with Crippen LogP contribution in [-0.4, -0.2) is 35.2 Å². The number of nitrogens with zero attached hydrogens (tertiary/aromatic N) is 2. The van der Waals surface area contributed by atoms with E-state index >= 15 is 0 Å². The lowest BCUT2D eigenvalue weighted by Crippen LogP contribution is -2.64. The number of rotatable bonds is 5. The van der Waals surface area contributed by atoms with E-state index < -0.39 is 5.41 Å². The minimum absolute atomic E-state index is 0.0819. The maximum atomic E-state index is 13.7. The standard InChI is InChI=1S/C31H30FN2O3/c1-31(25-9-2-4-11-27(25)37-28-12-5-3-10-26(28)31)30-33-18-24(36-30)19-34-15-13-21(14-16-34)29(20-34)35-23-8-6-7-22(32)17-23/h2-12,17-18,21,29H,13-16,19-20H2,1H3/q+1/t21?,29-,34?/m0/s1. The third-order valence-electron chi connectivity index (χ3n) is 8.67. The van der Waals surface area contributed by atoms with Gasteiger partial charge in [0.05, 0.1) is 19.3 Å². The molecule has 0 amide bonds. The molecule has 2 bridgehead atoms. The molecule has 1 atom stereocenters. The Labute approximate surface area is 216 Å². The Bertz CT molecular complexity index is 1410. The molecule has 5 nitrogen and oxygen atoms in total. The first-order valence-electron chi connectivity index (χ1n) is 13.1. The Balaban J connectivity index is 1.18. The number of fused-ring (bicyclic) bond motifs is 5. The minimum Gasteiger partial charge on any atom is -0.484 e. The molecule has 3 saturated heterocycles. The summed E-state index contributed by atoms with van der Waals surface area (Å²) in [5.41, 5.74) is 1.55. The van der Waals surface area contributed by atoms with E-state index in [1.54, 1.807) is 6.07 Å². The van der Waals surface area contributed by atoms with E-state index in [4.69, 9.17) is 18.9 Å². The van der Waals surface area contributed by atoms with Gasteiger partial charge in [0.15, 0.2) is 11.9 Å². The topological polar surface area (TPSA) is 44.5 Å². The summed E-state index contributed by atoms with van der Waals surface area (Å²) in [5, 5.41) is 0. The van der Waals surface area contributed by atoms with Gasteiger partial charge < -0.3 is 18.4 Å². The molecule has 0 N–H and O–H groups in total. The van der Waals surface area contributed by atoms with Crippen LogP contribution in [0.3, 0.4) is 0 Å². The first-order chi connectivity index (χ1) is 18.0. The van der Waals surface area contributed by atoms with Crippen molar-refractivity contribution in [2.75, 3.05) is 19.6 Å². The summed E-state index contributed by atoms with van der Waals surface area (Å²) in [5.74, 6) is 4.11. The fourth-order valence-corrected chi connectivity index (χ4v) is 6.67. The highest BCUT2D eigenvalue weighted by molar-refractivity contribution is 5.60. The van der Waals surface area contributed by atoms with Crippen LogP contribution in [0.5, 0.6) is 17.2 Å². The maximum Gasteiger partial charge on any atom is 0.209 e.